The molecule has 2 heterocycles. The van der Waals surface area contributed by atoms with Gasteiger partial charge in [0.05, 0.1) is 11.4 Å². The average Bonchev–Trinajstić information content (AvgIpc) is 2.55. The lowest BCUT2D eigenvalue weighted by molar-refractivity contribution is 0.0704. The van der Waals surface area contributed by atoms with Crippen LogP contribution >= 0.6 is 15.9 Å². The molecule has 2 aliphatic heterocycles. The molecule has 7 heteroatoms. The minimum Gasteiger partial charge on any atom is -0.441 e. The van der Waals surface area contributed by atoms with Crippen molar-refractivity contribution < 1.29 is 18.3 Å². The zero-order chi connectivity index (χ0) is 10.6. The first kappa shape index (κ1) is 9.02. The molecule has 3 rings (SSSR count). The average molecular weight is 279 g/mol. The molecule has 0 radical (unpaired) electrons. The maximum Gasteiger partial charge on any atom is 0.409 e. The maximum absolute atomic E-state index is 12.9. The molecular formula is C8H5BrF2N2O2. The summed E-state index contributed by atoms with van der Waals surface area (Å²) in [4.78, 5) is 0. The van der Waals surface area contributed by atoms with Crippen molar-refractivity contribution in [3.05, 3.63) is 12.1 Å². The van der Waals surface area contributed by atoms with Crippen LogP contribution in [-0.2, 0) is 0 Å². The monoisotopic (exact) mass is 278 g/mol. The Hall–Kier alpha value is -1.24. The molecule has 0 aliphatic carbocycles. The molecule has 2 aliphatic rings. The third kappa shape index (κ3) is 1.38. The molecule has 0 fully saturated rings. The number of halogens is 3. The highest BCUT2D eigenvalue weighted by molar-refractivity contribution is 9.09. The van der Waals surface area contributed by atoms with Crippen molar-refractivity contribution in [2.45, 2.75) is 11.4 Å². The van der Waals surface area contributed by atoms with Gasteiger partial charge in [0, 0.05) is 28.1 Å². The van der Waals surface area contributed by atoms with E-state index in [0.717, 1.165) is 0 Å². The van der Waals surface area contributed by atoms with Gasteiger partial charge in [-0.05, 0) is 0 Å². The molecule has 1 aromatic rings. The van der Waals surface area contributed by atoms with Crippen molar-refractivity contribution >= 4 is 27.3 Å². The Kier molecular flexibility index (Phi) is 1.60. The Morgan fingerprint density at radius 3 is 2.07 bits per heavy atom. The number of ether oxygens (including phenoxy) is 2. The number of anilines is 2. The Morgan fingerprint density at radius 1 is 1.13 bits per heavy atom. The summed E-state index contributed by atoms with van der Waals surface area (Å²) in [5.41, 5.74) is 0.591. The molecule has 0 bridgehead atoms. The molecule has 0 saturated heterocycles. The number of benzene rings is 1. The van der Waals surface area contributed by atoms with Gasteiger partial charge in [-0.25, -0.2) is 0 Å². The van der Waals surface area contributed by atoms with E-state index in [-0.39, 0.29) is 0 Å². The van der Waals surface area contributed by atoms with Gasteiger partial charge in [0.1, 0.15) is 0 Å². The summed E-state index contributed by atoms with van der Waals surface area (Å²) in [5, 5.41) is 3.49. The summed E-state index contributed by atoms with van der Waals surface area (Å²) in [7, 11) is 0. The van der Waals surface area contributed by atoms with Crippen LogP contribution in [0, 0.1) is 0 Å². The van der Waals surface area contributed by atoms with Gasteiger partial charge in [-0.1, -0.05) is 0 Å². The molecular weight excluding hydrogens is 274 g/mol. The fourth-order valence-corrected chi connectivity index (χ4v) is 1.95. The summed E-state index contributed by atoms with van der Waals surface area (Å²) in [6, 6.07) is 2.94. The lowest BCUT2D eigenvalue weighted by atomic mass is 10.2. The van der Waals surface area contributed by atoms with Gasteiger partial charge in [-0.2, -0.15) is 8.78 Å². The minimum atomic E-state index is -3.12. The maximum atomic E-state index is 12.9. The highest BCUT2D eigenvalue weighted by Gasteiger charge is 2.38. The molecule has 80 valence electrons. The van der Waals surface area contributed by atoms with Crippen molar-refractivity contribution in [2.24, 2.45) is 0 Å². The van der Waals surface area contributed by atoms with Crippen LogP contribution in [0.5, 0.6) is 11.5 Å². The van der Waals surface area contributed by atoms with Crippen LogP contribution in [0.4, 0.5) is 20.2 Å². The van der Waals surface area contributed by atoms with Gasteiger partial charge in [0.15, 0.2) is 11.5 Å². The van der Waals surface area contributed by atoms with Crippen LogP contribution in [0.25, 0.3) is 0 Å². The number of rotatable bonds is 0. The van der Waals surface area contributed by atoms with E-state index in [9.17, 15) is 8.78 Å². The molecule has 4 nitrogen and oxygen atoms in total. The smallest absolute Gasteiger partial charge is 0.409 e. The van der Waals surface area contributed by atoms with Crippen LogP contribution in [0.15, 0.2) is 12.1 Å². The van der Waals surface area contributed by atoms with Gasteiger partial charge in [-0.3, -0.25) is 0 Å². The zero-order valence-corrected chi connectivity index (χ0v) is 8.77. The van der Waals surface area contributed by atoms with Gasteiger partial charge in [0.25, 0.3) is 5.20 Å². The first-order valence-electron chi connectivity index (χ1n) is 4.13. The van der Waals surface area contributed by atoms with Crippen LogP contribution in [0.3, 0.4) is 0 Å². The van der Waals surface area contributed by atoms with Crippen molar-refractivity contribution in [3.8, 4) is 11.5 Å². The molecule has 0 spiro atoms. The summed E-state index contributed by atoms with van der Waals surface area (Å²) in [6.07, 6.45) is -3.12. The molecule has 15 heavy (non-hydrogen) atoms. The Morgan fingerprint density at radius 2 is 1.60 bits per heavy atom. The summed E-state index contributed by atoms with van der Waals surface area (Å²) in [5.74, 6) is 0.866. The molecule has 1 aromatic carbocycles. The van der Waals surface area contributed by atoms with E-state index in [4.69, 9.17) is 9.47 Å². The lowest BCUT2D eigenvalue weighted by Crippen LogP contribution is -2.30. The molecule has 0 aromatic heterocycles. The largest absolute Gasteiger partial charge is 0.441 e. The third-order valence-corrected chi connectivity index (χ3v) is 2.48. The topological polar surface area (TPSA) is 42.5 Å². The quantitative estimate of drug-likeness (QED) is 0.565. The van der Waals surface area contributed by atoms with Gasteiger partial charge < -0.3 is 20.1 Å². The molecule has 0 saturated carbocycles. The second-order valence-corrected chi connectivity index (χ2v) is 3.93. The standard InChI is InChI=1S/C8H5BrF2N2O2/c9-7-14-5-1-3-4(2-6(5)15-7)13-8(10,11)12-3/h1-2,7,12-13H. The van der Waals surface area contributed by atoms with E-state index < -0.39 is 11.4 Å². The summed E-state index contributed by atoms with van der Waals surface area (Å²) in [6.45, 7) is 0. The van der Waals surface area contributed by atoms with Crippen molar-refractivity contribution in [2.75, 3.05) is 10.6 Å². The van der Waals surface area contributed by atoms with Crippen LogP contribution in [0.2, 0.25) is 0 Å². The fourth-order valence-electron chi connectivity index (χ4n) is 1.54. The van der Waals surface area contributed by atoms with E-state index >= 15 is 0 Å². The van der Waals surface area contributed by atoms with Crippen LogP contribution < -0.4 is 20.1 Å². The molecule has 0 unspecified atom stereocenters. The number of hydrogen-bond acceptors (Lipinski definition) is 4. The van der Waals surface area contributed by atoms with Crippen molar-refractivity contribution in [3.63, 3.8) is 0 Å². The molecule has 0 amide bonds. The van der Waals surface area contributed by atoms with Crippen LogP contribution in [-0.4, -0.2) is 11.4 Å². The van der Waals surface area contributed by atoms with Gasteiger partial charge in [-0.15, -0.1) is 0 Å². The number of nitrogens with one attached hydrogen (secondary N) is 2. The van der Waals surface area contributed by atoms with Crippen LogP contribution in [0.1, 0.15) is 0 Å². The second kappa shape index (κ2) is 2.66. The SMILES string of the molecule is FC1(F)Nc2cc3c(cc2N1)OC(Br)O3. The Bertz CT molecular complexity index is 404. The minimum absolute atomic E-state index is 0.295. The Labute approximate surface area is 91.7 Å². The van der Waals surface area contributed by atoms with Crippen molar-refractivity contribution in [1.82, 2.24) is 0 Å². The highest BCUT2D eigenvalue weighted by Crippen LogP contribution is 2.46. The van der Waals surface area contributed by atoms with E-state index in [1.807, 2.05) is 10.6 Å². The predicted octanol–water partition coefficient (Wildman–Crippen LogP) is 2.52. The predicted molar refractivity (Wildman–Crippen MR) is 52.6 cm³/mol. The number of alkyl halides is 3. The number of fused-ring (bicyclic) bond motifs is 2. The highest BCUT2D eigenvalue weighted by atomic mass is 79.9. The van der Waals surface area contributed by atoms with E-state index in [1.54, 1.807) is 0 Å². The first-order valence-corrected chi connectivity index (χ1v) is 5.05. The first-order chi connectivity index (χ1) is 7.03. The third-order valence-electron chi connectivity index (χ3n) is 2.11. The lowest BCUT2D eigenvalue weighted by Gasteiger charge is -2.08. The zero-order valence-electron chi connectivity index (χ0n) is 7.18. The Balaban J connectivity index is 2.03. The van der Waals surface area contributed by atoms with E-state index in [1.165, 1.54) is 12.1 Å². The normalized spacial score (nSPS) is 20.7. The molecule has 2 N–H and O–H groups in total. The number of hydrogen-bond donors (Lipinski definition) is 2. The van der Waals surface area contributed by atoms with E-state index in [2.05, 4.69) is 15.9 Å². The second-order valence-electron chi connectivity index (χ2n) is 3.18. The molecule has 0 atom stereocenters. The van der Waals surface area contributed by atoms with Crippen molar-refractivity contribution in [1.29, 1.82) is 0 Å². The van der Waals surface area contributed by atoms with E-state index in [0.29, 0.717) is 22.9 Å². The summed E-state index contributed by atoms with van der Waals surface area (Å²) >= 11 is 3.10. The van der Waals surface area contributed by atoms with Gasteiger partial charge in [0.2, 0.25) is 0 Å². The van der Waals surface area contributed by atoms with Gasteiger partial charge >= 0.3 is 6.17 Å². The summed E-state index contributed by atoms with van der Waals surface area (Å²) < 4.78 is 36.1. The fraction of sp³-hybridized carbons (Fsp3) is 0.250.